The minimum Gasteiger partial charge on any atom is -0.455 e. The summed E-state index contributed by atoms with van der Waals surface area (Å²) in [6, 6.07) is 8.66. The van der Waals surface area contributed by atoms with E-state index in [1.807, 2.05) is 6.07 Å². The average molecular weight is 270 g/mol. The highest BCUT2D eigenvalue weighted by Crippen LogP contribution is 2.28. The lowest BCUT2D eigenvalue weighted by atomic mass is 10.1. The molecule has 2 rings (SSSR count). The first-order chi connectivity index (χ1) is 9.56. The molecule has 0 radical (unpaired) electrons. The highest BCUT2D eigenvalue weighted by atomic mass is 16.5. The average Bonchev–Trinajstić information content (AvgIpc) is 2.42. The Bertz CT molecular complexity index is 579. The van der Waals surface area contributed by atoms with E-state index in [-0.39, 0.29) is 0 Å². The van der Waals surface area contributed by atoms with E-state index in [0.29, 0.717) is 6.04 Å². The molecule has 1 N–H and O–H groups in total. The number of benzene rings is 1. The van der Waals surface area contributed by atoms with Gasteiger partial charge in [-0.05, 0) is 37.1 Å². The van der Waals surface area contributed by atoms with Crippen LogP contribution in [-0.4, -0.2) is 11.0 Å². The molecule has 0 amide bonds. The smallest absolute Gasteiger partial charge is 0.150 e. The van der Waals surface area contributed by atoms with Gasteiger partial charge in [-0.3, -0.25) is 4.98 Å². The summed E-state index contributed by atoms with van der Waals surface area (Å²) in [6.07, 6.45) is 3.58. The van der Waals surface area contributed by atoms with Crippen molar-refractivity contribution in [3.05, 3.63) is 53.3 Å². The Labute approximate surface area is 121 Å². The fourth-order valence-corrected chi connectivity index (χ4v) is 1.90. The molecule has 2 aromatic rings. The number of rotatable bonds is 5. The van der Waals surface area contributed by atoms with Gasteiger partial charge in [-0.15, -0.1) is 0 Å². The van der Waals surface area contributed by atoms with Crippen LogP contribution >= 0.6 is 0 Å². The third-order valence-corrected chi connectivity index (χ3v) is 3.13. The monoisotopic (exact) mass is 270 g/mol. The first-order valence-corrected chi connectivity index (χ1v) is 6.97. The Kier molecular flexibility index (Phi) is 4.74. The van der Waals surface area contributed by atoms with Crippen molar-refractivity contribution in [2.45, 2.75) is 40.3 Å². The highest BCUT2D eigenvalue weighted by molar-refractivity contribution is 5.41. The second-order valence-electron chi connectivity index (χ2n) is 5.39. The van der Waals surface area contributed by atoms with Gasteiger partial charge in [0.1, 0.15) is 11.5 Å². The number of ether oxygens (including phenoxy) is 1. The molecule has 0 bridgehead atoms. The van der Waals surface area contributed by atoms with Crippen molar-refractivity contribution in [1.82, 2.24) is 10.3 Å². The van der Waals surface area contributed by atoms with Gasteiger partial charge in [0.2, 0.25) is 0 Å². The van der Waals surface area contributed by atoms with Crippen LogP contribution in [0.4, 0.5) is 0 Å². The van der Waals surface area contributed by atoms with E-state index >= 15 is 0 Å². The summed E-state index contributed by atoms with van der Waals surface area (Å²) in [5, 5.41) is 3.41. The van der Waals surface area contributed by atoms with Crippen molar-refractivity contribution in [3.8, 4) is 11.5 Å². The third-order valence-electron chi connectivity index (χ3n) is 3.13. The SMILES string of the molecule is Cc1ccc(C)c(Oc2cnccc2CNC(C)C)c1. The summed E-state index contributed by atoms with van der Waals surface area (Å²) >= 11 is 0. The summed E-state index contributed by atoms with van der Waals surface area (Å²) in [4.78, 5) is 4.17. The highest BCUT2D eigenvalue weighted by Gasteiger charge is 2.07. The van der Waals surface area contributed by atoms with Crippen LogP contribution in [0.2, 0.25) is 0 Å². The topological polar surface area (TPSA) is 34.1 Å². The quantitative estimate of drug-likeness (QED) is 0.892. The molecule has 3 nitrogen and oxygen atoms in total. The molecule has 0 unspecified atom stereocenters. The lowest BCUT2D eigenvalue weighted by Gasteiger charge is -2.14. The van der Waals surface area contributed by atoms with Crippen LogP contribution in [0, 0.1) is 13.8 Å². The normalized spacial score (nSPS) is 10.8. The molecule has 0 saturated heterocycles. The molecule has 0 aliphatic rings. The lowest BCUT2D eigenvalue weighted by Crippen LogP contribution is -2.22. The maximum atomic E-state index is 6.05. The second kappa shape index (κ2) is 6.53. The van der Waals surface area contributed by atoms with Gasteiger partial charge in [-0.2, -0.15) is 0 Å². The van der Waals surface area contributed by atoms with Crippen molar-refractivity contribution in [3.63, 3.8) is 0 Å². The van der Waals surface area contributed by atoms with E-state index in [2.05, 4.69) is 56.2 Å². The summed E-state index contributed by atoms with van der Waals surface area (Å²) in [7, 11) is 0. The number of pyridine rings is 1. The van der Waals surface area contributed by atoms with Crippen LogP contribution in [0.1, 0.15) is 30.5 Å². The zero-order valence-electron chi connectivity index (χ0n) is 12.6. The molecule has 1 aromatic carbocycles. The zero-order chi connectivity index (χ0) is 14.5. The first-order valence-electron chi connectivity index (χ1n) is 6.97. The van der Waals surface area contributed by atoms with Gasteiger partial charge in [0.15, 0.2) is 0 Å². The molecular weight excluding hydrogens is 248 g/mol. The molecule has 1 heterocycles. The Morgan fingerprint density at radius 2 is 1.95 bits per heavy atom. The molecule has 0 aliphatic heterocycles. The molecule has 0 saturated carbocycles. The van der Waals surface area contributed by atoms with Crippen molar-refractivity contribution >= 4 is 0 Å². The molecule has 1 aromatic heterocycles. The molecule has 3 heteroatoms. The predicted octanol–water partition coefficient (Wildman–Crippen LogP) is 3.99. The van der Waals surface area contributed by atoms with Gasteiger partial charge in [0.05, 0.1) is 6.20 Å². The van der Waals surface area contributed by atoms with Gasteiger partial charge in [0.25, 0.3) is 0 Å². The van der Waals surface area contributed by atoms with Crippen LogP contribution in [0.5, 0.6) is 11.5 Å². The van der Waals surface area contributed by atoms with Crippen molar-refractivity contribution in [2.75, 3.05) is 0 Å². The number of aryl methyl sites for hydroxylation is 2. The van der Waals surface area contributed by atoms with E-state index in [4.69, 9.17) is 4.74 Å². The maximum Gasteiger partial charge on any atom is 0.150 e. The van der Waals surface area contributed by atoms with Gasteiger partial charge < -0.3 is 10.1 Å². The van der Waals surface area contributed by atoms with E-state index in [0.717, 1.165) is 29.2 Å². The van der Waals surface area contributed by atoms with Gasteiger partial charge >= 0.3 is 0 Å². The second-order valence-corrected chi connectivity index (χ2v) is 5.39. The van der Waals surface area contributed by atoms with Crippen LogP contribution < -0.4 is 10.1 Å². The van der Waals surface area contributed by atoms with Crippen LogP contribution in [-0.2, 0) is 6.54 Å². The fourth-order valence-electron chi connectivity index (χ4n) is 1.90. The Hall–Kier alpha value is -1.87. The minimum absolute atomic E-state index is 0.441. The van der Waals surface area contributed by atoms with Gasteiger partial charge in [-0.1, -0.05) is 26.0 Å². The van der Waals surface area contributed by atoms with E-state index < -0.39 is 0 Å². The van der Waals surface area contributed by atoms with E-state index in [1.54, 1.807) is 12.4 Å². The van der Waals surface area contributed by atoms with Crippen LogP contribution in [0.25, 0.3) is 0 Å². The van der Waals surface area contributed by atoms with Crippen LogP contribution in [0.15, 0.2) is 36.7 Å². The Morgan fingerprint density at radius 3 is 2.70 bits per heavy atom. The molecule has 20 heavy (non-hydrogen) atoms. The molecular formula is C17H22N2O. The fraction of sp³-hybridized carbons (Fsp3) is 0.353. The Morgan fingerprint density at radius 1 is 1.15 bits per heavy atom. The van der Waals surface area contributed by atoms with Crippen molar-refractivity contribution < 1.29 is 4.74 Å². The van der Waals surface area contributed by atoms with Gasteiger partial charge in [0, 0.05) is 24.3 Å². The maximum absolute atomic E-state index is 6.05. The number of aromatic nitrogens is 1. The van der Waals surface area contributed by atoms with Crippen molar-refractivity contribution in [1.29, 1.82) is 0 Å². The predicted molar refractivity (Wildman–Crippen MR) is 82.2 cm³/mol. The Balaban J connectivity index is 2.22. The number of nitrogens with zero attached hydrogens (tertiary/aromatic N) is 1. The van der Waals surface area contributed by atoms with Gasteiger partial charge in [-0.25, -0.2) is 0 Å². The largest absolute Gasteiger partial charge is 0.455 e. The van der Waals surface area contributed by atoms with Crippen molar-refractivity contribution in [2.24, 2.45) is 0 Å². The lowest BCUT2D eigenvalue weighted by molar-refractivity contribution is 0.463. The molecule has 0 aliphatic carbocycles. The molecule has 0 fully saturated rings. The van der Waals surface area contributed by atoms with E-state index in [9.17, 15) is 0 Å². The molecule has 106 valence electrons. The number of hydrogen-bond acceptors (Lipinski definition) is 3. The summed E-state index contributed by atoms with van der Waals surface area (Å²) < 4.78 is 6.05. The summed E-state index contributed by atoms with van der Waals surface area (Å²) in [6.45, 7) is 9.16. The zero-order valence-corrected chi connectivity index (χ0v) is 12.6. The number of nitrogens with one attached hydrogen (secondary N) is 1. The number of hydrogen-bond donors (Lipinski definition) is 1. The first kappa shape index (κ1) is 14.5. The summed E-state index contributed by atoms with van der Waals surface area (Å²) in [5.41, 5.74) is 3.44. The molecule has 0 atom stereocenters. The van der Waals surface area contributed by atoms with Crippen LogP contribution in [0.3, 0.4) is 0 Å². The third kappa shape index (κ3) is 3.81. The standard InChI is InChI=1S/C17H22N2O/c1-12(2)19-10-15-7-8-18-11-17(15)20-16-9-13(3)5-6-14(16)4/h5-9,11-12,19H,10H2,1-4H3. The summed E-state index contributed by atoms with van der Waals surface area (Å²) in [5.74, 6) is 1.71. The molecule has 0 spiro atoms. The minimum atomic E-state index is 0.441. The van der Waals surface area contributed by atoms with E-state index in [1.165, 1.54) is 5.56 Å².